The van der Waals surface area contributed by atoms with Crippen molar-refractivity contribution in [1.82, 2.24) is 4.90 Å². The zero-order valence-electron chi connectivity index (χ0n) is 15.8. The van der Waals surface area contributed by atoms with E-state index >= 15 is 0 Å². The lowest BCUT2D eigenvalue weighted by molar-refractivity contribution is -0.132. The molecule has 0 radical (unpaired) electrons. The fourth-order valence-corrected chi connectivity index (χ4v) is 4.66. The quantitative estimate of drug-likeness (QED) is 0.789. The van der Waals surface area contributed by atoms with Crippen molar-refractivity contribution >= 4 is 21.6 Å². The number of carbonyl (C=O) groups is 1. The molecule has 1 amide bonds. The van der Waals surface area contributed by atoms with Gasteiger partial charge >= 0.3 is 0 Å². The molecule has 0 saturated heterocycles. The topological polar surface area (TPSA) is 66.9 Å². The van der Waals surface area contributed by atoms with Gasteiger partial charge in [0.25, 0.3) is 0 Å². The number of fused-ring (bicyclic) bond motifs is 1. The summed E-state index contributed by atoms with van der Waals surface area (Å²) < 4.78 is 31.3. The van der Waals surface area contributed by atoms with Crippen molar-refractivity contribution in [1.29, 1.82) is 0 Å². The molecule has 0 N–H and O–H groups in total. The van der Waals surface area contributed by atoms with Crippen LogP contribution in [0.25, 0.3) is 0 Å². The number of sulfonamides is 1. The van der Waals surface area contributed by atoms with Crippen molar-refractivity contribution in [3.05, 3.63) is 59.7 Å². The van der Waals surface area contributed by atoms with Crippen LogP contribution in [0.4, 0.5) is 5.69 Å². The molecule has 0 bridgehead atoms. The van der Waals surface area contributed by atoms with E-state index in [-0.39, 0.29) is 5.91 Å². The average molecular weight is 388 g/mol. The summed E-state index contributed by atoms with van der Waals surface area (Å²) in [6.45, 7) is 2.70. The summed E-state index contributed by atoms with van der Waals surface area (Å²) >= 11 is 0. The monoisotopic (exact) mass is 388 g/mol. The van der Waals surface area contributed by atoms with Crippen molar-refractivity contribution in [2.45, 2.75) is 25.9 Å². The Hall–Kier alpha value is -2.54. The number of amides is 1. The first-order valence-electron chi connectivity index (χ1n) is 8.80. The van der Waals surface area contributed by atoms with Crippen LogP contribution in [0.3, 0.4) is 0 Å². The fourth-order valence-electron chi connectivity index (χ4n) is 3.50. The Labute approximate surface area is 160 Å². The van der Waals surface area contributed by atoms with Crippen LogP contribution in [0.1, 0.15) is 18.1 Å². The Balaban J connectivity index is 1.88. The molecule has 0 spiro atoms. The second-order valence-electron chi connectivity index (χ2n) is 6.71. The van der Waals surface area contributed by atoms with Crippen molar-refractivity contribution < 1.29 is 17.9 Å². The molecule has 1 heterocycles. The number of hydrogen-bond acceptors (Lipinski definition) is 4. The smallest absolute Gasteiger partial charge is 0.246 e. The molecule has 27 heavy (non-hydrogen) atoms. The van der Waals surface area contributed by atoms with Crippen LogP contribution >= 0.6 is 0 Å². The number of rotatable bonds is 5. The SMILES string of the molecule is COc1cccc(N([C@@H](C)C(=O)N2CCc3ccccc3C2)S(C)(=O)=O)c1. The molecule has 144 valence electrons. The van der Waals surface area contributed by atoms with E-state index in [0.29, 0.717) is 24.5 Å². The summed E-state index contributed by atoms with van der Waals surface area (Å²) in [5.41, 5.74) is 2.76. The van der Waals surface area contributed by atoms with Crippen molar-refractivity contribution in [2.75, 3.05) is 24.2 Å². The van der Waals surface area contributed by atoms with E-state index in [4.69, 9.17) is 4.74 Å². The number of anilines is 1. The van der Waals surface area contributed by atoms with Gasteiger partial charge in [-0.25, -0.2) is 8.42 Å². The maximum atomic E-state index is 13.1. The van der Waals surface area contributed by atoms with Crippen LogP contribution < -0.4 is 9.04 Å². The van der Waals surface area contributed by atoms with E-state index in [9.17, 15) is 13.2 Å². The normalized spacial score (nSPS) is 15.0. The second kappa shape index (κ2) is 7.60. The van der Waals surface area contributed by atoms with E-state index in [1.807, 2.05) is 18.2 Å². The van der Waals surface area contributed by atoms with Crippen LogP contribution in [-0.2, 0) is 27.8 Å². The number of ether oxygens (including phenoxy) is 1. The van der Waals surface area contributed by atoms with Crippen LogP contribution in [0.5, 0.6) is 5.75 Å². The number of methoxy groups -OCH3 is 1. The maximum absolute atomic E-state index is 13.1. The molecule has 0 unspecified atom stereocenters. The lowest BCUT2D eigenvalue weighted by Crippen LogP contribution is -2.50. The number of hydrogen-bond donors (Lipinski definition) is 0. The van der Waals surface area contributed by atoms with Gasteiger partial charge in [0.05, 0.1) is 19.1 Å². The maximum Gasteiger partial charge on any atom is 0.246 e. The van der Waals surface area contributed by atoms with Gasteiger partial charge in [0.1, 0.15) is 11.8 Å². The number of nitrogens with zero attached hydrogens (tertiary/aromatic N) is 2. The first-order chi connectivity index (χ1) is 12.8. The molecule has 7 heteroatoms. The molecule has 0 saturated carbocycles. The van der Waals surface area contributed by atoms with Gasteiger partial charge in [-0.15, -0.1) is 0 Å². The van der Waals surface area contributed by atoms with Gasteiger partial charge in [0.15, 0.2) is 0 Å². The highest BCUT2D eigenvalue weighted by atomic mass is 32.2. The summed E-state index contributed by atoms with van der Waals surface area (Å²) in [4.78, 5) is 14.8. The van der Waals surface area contributed by atoms with Crippen molar-refractivity contribution in [2.24, 2.45) is 0 Å². The van der Waals surface area contributed by atoms with E-state index in [0.717, 1.165) is 18.2 Å². The Morgan fingerprint density at radius 2 is 1.85 bits per heavy atom. The third kappa shape index (κ3) is 4.08. The number of carbonyl (C=O) groups excluding carboxylic acids is 1. The standard InChI is InChI=1S/C20H24N2O4S/c1-15(20(23)21-12-11-16-7-4-5-8-17(16)14-21)22(27(3,24)25)18-9-6-10-19(13-18)26-2/h4-10,13,15H,11-12,14H2,1-3H3/t15-/m0/s1. The molecule has 0 aromatic heterocycles. The van der Waals surface area contributed by atoms with Gasteiger partial charge < -0.3 is 9.64 Å². The lowest BCUT2D eigenvalue weighted by Gasteiger charge is -2.35. The Kier molecular flexibility index (Phi) is 5.41. The molecule has 3 rings (SSSR count). The first-order valence-corrected chi connectivity index (χ1v) is 10.6. The largest absolute Gasteiger partial charge is 0.497 e. The third-order valence-electron chi connectivity index (χ3n) is 4.82. The minimum absolute atomic E-state index is 0.210. The Morgan fingerprint density at radius 1 is 1.15 bits per heavy atom. The van der Waals surface area contributed by atoms with Crippen LogP contribution in [0.2, 0.25) is 0 Å². The van der Waals surface area contributed by atoms with Crippen LogP contribution in [0.15, 0.2) is 48.5 Å². The average Bonchev–Trinajstić information content (AvgIpc) is 2.66. The Bertz CT molecular complexity index is 943. The van der Waals surface area contributed by atoms with Crippen LogP contribution in [0, 0.1) is 0 Å². The van der Waals surface area contributed by atoms with Crippen LogP contribution in [-0.4, -0.2) is 45.2 Å². The van der Waals surface area contributed by atoms with Gasteiger partial charge in [0, 0.05) is 19.2 Å². The Morgan fingerprint density at radius 3 is 2.52 bits per heavy atom. The third-order valence-corrected chi connectivity index (χ3v) is 6.06. The molecule has 1 aliphatic heterocycles. The molecule has 6 nitrogen and oxygen atoms in total. The molecule has 2 aromatic rings. The van der Waals surface area contributed by atoms with Crippen molar-refractivity contribution in [3.63, 3.8) is 0 Å². The zero-order chi connectivity index (χ0) is 19.6. The van der Waals surface area contributed by atoms with Gasteiger partial charge in [-0.2, -0.15) is 0 Å². The summed E-state index contributed by atoms with van der Waals surface area (Å²) in [7, 11) is -2.14. The highest BCUT2D eigenvalue weighted by molar-refractivity contribution is 7.92. The molecule has 2 aromatic carbocycles. The summed E-state index contributed by atoms with van der Waals surface area (Å²) in [5.74, 6) is 0.324. The van der Waals surface area contributed by atoms with E-state index in [1.54, 1.807) is 36.1 Å². The molecule has 1 atom stereocenters. The summed E-state index contributed by atoms with van der Waals surface area (Å²) in [6, 6.07) is 13.9. The van der Waals surface area contributed by atoms with Crippen molar-refractivity contribution in [3.8, 4) is 5.75 Å². The molecule has 0 fully saturated rings. The van der Waals surface area contributed by atoms with Gasteiger partial charge in [-0.3, -0.25) is 9.10 Å². The second-order valence-corrected chi connectivity index (χ2v) is 8.57. The van der Waals surface area contributed by atoms with Gasteiger partial charge in [0.2, 0.25) is 15.9 Å². The first kappa shape index (κ1) is 19.2. The predicted molar refractivity (Wildman–Crippen MR) is 105 cm³/mol. The minimum Gasteiger partial charge on any atom is -0.497 e. The molecular weight excluding hydrogens is 364 g/mol. The summed E-state index contributed by atoms with van der Waals surface area (Å²) in [5, 5.41) is 0. The van der Waals surface area contributed by atoms with E-state index in [1.165, 1.54) is 17.0 Å². The number of benzene rings is 2. The van der Waals surface area contributed by atoms with E-state index < -0.39 is 16.1 Å². The molecule has 0 aliphatic carbocycles. The van der Waals surface area contributed by atoms with Gasteiger partial charge in [-0.05, 0) is 36.6 Å². The minimum atomic E-state index is -3.66. The predicted octanol–water partition coefficient (Wildman–Crippen LogP) is 2.43. The zero-order valence-corrected chi connectivity index (χ0v) is 16.6. The molecular formula is C20H24N2O4S. The highest BCUT2D eigenvalue weighted by Gasteiger charge is 2.33. The molecule has 1 aliphatic rings. The van der Waals surface area contributed by atoms with E-state index in [2.05, 4.69) is 6.07 Å². The lowest BCUT2D eigenvalue weighted by atomic mass is 9.99. The summed E-state index contributed by atoms with van der Waals surface area (Å²) in [6.07, 6.45) is 1.88. The highest BCUT2D eigenvalue weighted by Crippen LogP contribution is 2.27. The van der Waals surface area contributed by atoms with Gasteiger partial charge in [-0.1, -0.05) is 30.3 Å². The fraction of sp³-hybridized carbons (Fsp3) is 0.350.